The van der Waals surface area contributed by atoms with E-state index in [1.165, 1.54) is 25.3 Å². The standard InChI is InChI=1S/C9H9FO.C5H11N/c10-9-3-1-2-7-4-5-11-6-8(7)9;1-6-5-3-2-4-5/h1-3H,4-6H2;5-6H,2-4H2,1H3. The molecule has 0 amide bonds. The molecule has 1 aliphatic heterocycles. The summed E-state index contributed by atoms with van der Waals surface area (Å²) in [6.45, 7) is 1.15. The van der Waals surface area contributed by atoms with Crippen molar-refractivity contribution in [3.05, 3.63) is 35.1 Å². The number of hydrogen-bond donors (Lipinski definition) is 1. The van der Waals surface area contributed by atoms with Gasteiger partial charge in [-0.05, 0) is 37.9 Å². The maximum absolute atomic E-state index is 13.0. The lowest BCUT2D eigenvalue weighted by Gasteiger charge is -2.23. The molecule has 0 aromatic heterocycles. The van der Waals surface area contributed by atoms with Gasteiger partial charge in [-0.1, -0.05) is 18.6 Å². The Balaban J connectivity index is 0.000000153. The Morgan fingerprint density at radius 2 is 2.18 bits per heavy atom. The van der Waals surface area contributed by atoms with Crippen molar-refractivity contribution in [1.82, 2.24) is 5.32 Å². The highest BCUT2D eigenvalue weighted by Gasteiger charge is 2.13. The van der Waals surface area contributed by atoms with Crippen molar-refractivity contribution in [3.63, 3.8) is 0 Å². The summed E-state index contributed by atoms with van der Waals surface area (Å²) in [5, 5.41) is 3.20. The van der Waals surface area contributed by atoms with Gasteiger partial charge in [0.1, 0.15) is 5.82 Å². The zero-order valence-electron chi connectivity index (χ0n) is 10.3. The highest BCUT2D eigenvalue weighted by Crippen LogP contribution is 2.19. The van der Waals surface area contributed by atoms with Crippen LogP contribution in [0.1, 0.15) is 30.4 Å². The molecule has 0 radical (unpaired) electrons. The van der Waals surface area contributed by atoms with Gasteiger partial charge in [-0.2, -0.15) is 0 Å². The summed E-state index contributed by atoms with van der Waals surface area (Å²) in [4.78, 5) is 0. The predicted molar refractivity (Wildman–Crippen MR) is 66.5 cm³/mol. The van der Waals surface area contributed by atoms with E-state index in [0.717, 1.165) is 30.2 Å². The molecular weight excluding hydrogens is 217 g/mol. The van der Waals surface area contributed by atoms with Gasteiger partial charge in [0, 0.05) is 11.6 Å². The van der Waals surface area contributed by atoms with Gasteiger partial charge in [-0.15, -0.1) is 0 Å². The van der Waals surface area contributed by atoms with E-state index in [9.17, 15) is 4.39 Å². The number of rotatable bonds is 1. The third-order valence-corrected chi connectivity index (χ3v) is 3.49. The summed E-state index contributed by atoms with van der Waals surface area (Å²) in [6, 6.07) is 6.05. The van der Waals surface area contributed by atoms with Gasteiger partial charge in [0.2, 0.25) is 0 Å². The van der Waals surface area contributed by atoms with Crippen LogP contribution >= 0.6 is 0 Å². The van der Waals surface area contributed by atoms with E-state index in [4.69, 9.17) is 4.74 Å². The number of benzene rings is 1. The molecule has 1 heterocycles. The lowest BCUT2D eigenvalue weighted by atomic mass is 9.94. The molecule has 1 N–H and O–H groups in total. The van der Waals surface area contributed by atoms with E-state index in [1.807, 2.05) is 13.1 Å². The summed E-state index contributed by atoms with van der Waals surface area (Å²) in [6.07, 6.45) is 5.07. The van der Waals surface area contributed by atoms with Crippen LogP contribution in [0.3, 0.4) is 0 Å². The number of halogens is 1. The summed E-state index contributed by atoms with van der Waals surface area (Å²) in [7, 11) is 2.03. The van der Waals surface area contributed by atoms with Crippen LogP contribution in [0.15, 0.2) is 18.2 Å². The minimum Gasteiger partial charge on any atom is -0.376 e. The summed E-state index contributed by atoms with van der Waals surface area (Å²) in [5.41, 5.74) is 1.83. The molecule has 0 unspecified atom stereocenters. The fraction of sp³-hybridized carbons (Fsp3) is 0.571. The first-order valence-electron chi connectivity index (χ1n) is 6.32. The molecule has 94 valence electrons. The molecule has 1 fully saturated rings. The zero-order valence-corrected chi connectivity index (χ0v) is 10.3. The molecule has 1 saturated carbocycles. The topological polar surface area (TPSA) is 21.3 Å². The molecule has 0 atom stereocenters. The van der Waals surface area contributed by atoms with E-state index in [-0.39, 0.29) is 5.82 Å². The van der Waals surface area contributed by atoms with Gasteiger partial charge < -0.3 is 10.1 Å². The average molecular weight is 237 g/mol. The quantitative estimate of drug-likeness (QED) is 0.810. The van der Waals surface area contributed by atoms with Crippen LogP contribution in [0, 0.1) is 5.82 Å². The SMILES string of the molecule is CNC1CCC1.Fc1cccc2c1COCC2. The van der Waals surface area contributed by atoms with Crippen LogP contribution in [0.2, 0.25) is 0 Å². The molecule has 3 rings (SSSR count). The van der Waals surface area contributed by atoms with E-state index >= 15 is 0 Å². The minimum atomic E-state index is -0.137. The Hall–Kier alpha value is -0.930. The van der Waals surface area contributed by atoms with Crippen molar-refractivity contribution in [2.75, 3.05) is 13.7 Å². The van der Waals surface area contributed by atoms with Crippen LogP contribution in [0.4, 0.5) is 4.39 Å². The Morgan fingerprint density at radius 3 is 2.71 bits per heavy atom. The normalized spacial score (nSPS) is 18.7. The Labute approximate surface area is 102 Å². The summed E-state index contributed by atoms with van der Waals surface area (Å²) in [5.74, 6) is -0.137. The molecule has 3 heteroatoms. The monoisotopic (exact) mass is 237 g/mol. The third-order valence-electron chi connectivity index (χ3n) is 3.49. The largest absolute Gasteiger partial charge is 0.376 e. The highest BCUT2D eigenvalue weighted by atomic mass is 19.1. The van der Waals surface area contributed by atoms with Crippen molar-refractivity contribution < 1.29 is 9.13 Å². The van der Waals surface area contributed by atoms with Crippen molar-refractivity contribution in [3.8, 4) is 0 Å². The van der Waals surface area contributed by atoms with Crippen LogP contribution < -0.4 is 5.32 Å². The maximum atomic E-state index is 13.0. The van der Waals surface area contributed by atoms with Gasteiger partial charge in [0.15, 0.2) is 0 Å². The second kappa shape index (κ2) is 6.12. The van der Waals surface area contributed by atoms with E-state index < -0.39 is 0 Å². The first-order valence-corrected chi connectivity index (χ1v) is 6.32. The van der Waals surface area contributed by atoms with Gasteiger partial charge in [0.25, 0.3) is 0 Å². The van der Waals surface area contributed by atoms with Crippen LogP contribution in [-0.2, 0) is 17.8 Å². The molecule has 17 heavy (non-hydrogen) atoms. The van der Waals surface area contributed by atoms with Crippen molar-refractivity contribution in [2.24, 2.45) is 0 Å². The van der Waals surface area contributed by atoms with Crippen molar-refractivity contribution >= 4 is 0 Å². The number of ether oxygens (including phenoxy) is 1. The smallest absolute Gasteiger partial charge is 0.128 e. The number of fused-ring (bicyclic) bond motifs is 1. The van der Waals surface area contributed by atoms with Crippen LogP contribution in [0.25, 0.3) is 0 Å². The second-order valence-electron chi connectivity index (χ2n) is 4.60. The zero-order chi connectivity index (χ0) is 12.1. The van der Waals surface area contributed by atoms with Crippen molar-refractivity contribution in [2.45, 2.75) is 38.3 Å². The lowest BCUT2D eigenvalue weighted by Crippen LogP contribution is -2.31. The Morgan fingerprint density at radius 1 is 1.35 bits per heavy atom. The fourth-order valence-corrected chi connectivity index (χ4v) is 2.05. The van der Waals surface area contributed by atoms with Crippen LogP contribution in [-0.4, -0.2) is 19.7 Å². The predicted octanol–water partition coefficient (Wildman–Crippen LogP) is 2.66. The maximum Gasteiger partial charge on any atom is 0.128 e. The first-order chi connectivity index (χ1) is 8.31. The molecular formula is C14H20FNO. The molecule has 1 aliphatic carbocycles. The fourth-order valence-electron chi connectivity index (χ4n) is 2.05. The van der Waals surface area contributed by atoms with E-state index in [1.54, 1.807) is 6.07 Å². The van der Waals surface area contributed by atoms with Gasteiger partial charge >= 0.3 is 0 Å². The third kappa shape index (κ3) is 3.27. The van der Waals surface area contributed by atoms with Gasteiger partial charge in [0.05, 0.1) is 13.2 Å². The Kier molecular flexibility index (Phi) is 4.51. The first kappa shape index (κ1) is 12.5. The van der Waals surface area contributed by atoms with Crippen molar-refractivity contribution in [1.29, 1.82) is 0 Å². The number of nitrogens with one attached hydrogen (secondary N) is 1. The number of hydrogen-bond acceptors (Lipinski definition) is 2. The highest BCUT2D eigenvalue weighted by molar-refractivity contribution is 5.29. The molecule has 1 aromatic carbocycles. The molecule has 2 aliphatic rings. The molecule has 0 saturated heterocycles. The molecule has 1 aromatic rings. The van der Waals surface area contributed by atoms with Gasteiger partial charge in [-0.25, -0.2) is 4.39 Å². The Bertz CT molecular complexity index is 360. The minimum absolute atomic E-state index is 0.137. The lowest BCUT2D eigenvalue weighted by molar-refractivity contribution is 0.108. The summed E-state index contributed by atoms with van der Waals surface area (Å²) >= 11 is 0. The molecule has 0 spiro atoms. The molecule has 0 bridgehead atoms. The summed E-state index contributed by atoms with van der Waals surface area (Å²) < 4.78 is 18.1. The second-order valence-corrected chi connectivity index (χ2v) is 4.60. The average Bonchev–Trinajstić information content (AvgIpc) is 2.29. The molecule has 2 nitrogen and oxygen atoms in total. The van der Waals surface area contributed by atoms with E-state index in [2.05, 4.69) is 5.32 Å². The van der Waals surface area contributed by atoms with E-state index in [0.29, 0.717) is 6.61 Å². The van der Waals surface area contributed by atoms with Crippen LogP contribution in [0.5, 0.6) is 0 Å². The van der Waals surface area contributed by atoms with Gasteiger partial charge in [-0.3, -0.25) is 0 Å².